The van der Waals surface area contributed by atoms with Gasteiger partial charge in [0.15, 0.2) is 0 Å². The van der Waals surface area contributed by atoms with Crippen molar-refractivity contribution in [3.05, 3.63) is 75.5 Å². The third-order valence-corrected chi connectivity index (χ3v) is 7.96. The van der Waals surface area contributed by atoms with Gasteiger partial charge in [0, 0.05) is 42.9 Å². The third kappa shape index (κ3) is 3.81. The summed E-state index contributed by atoms with van der Waals surface area (Å²) >= 11 is 0. The zero-order valence-electron chi connectivity index (χ0n) is 19.4. The minimum absolute atomic E-state index is 0.0618. The van der Waals surface area contributed by atoms with E-state index in [0.717, 1.165) is 43.1 Å². The predicted molar refractivity (Wildman–Crippen MR) is 128 cm³/mol. The van der Waals surface area contributed by atoms with Gasteiger partial charge in [-0.1, -0.05) is 24.3 Å². The van der Waals surface area contributed by atoms with E-state index >= 15 is 0 Å². The fourth-order valence-electron chi connectivity index (χ4n) is 5.60. The number of aromatic nitrogens is 2. The number of nitrogens with one attached hydrogen (secondary N) is 1. The third-order valence-electron chi connectivity index (χ3n) is 7.96. The Morgan fingerprint density at radius 3 is 2.43 bits per heavy atom. The number of H-pyrrole nitrogens is 1. The molecule has 3 aromatic rings. The number of rotatable bonds is 4. The number of amides is 2. The quantitative estimate of drug-likeness (QED) is 0.629. The Hall–Kier alpha value is -3.55. The number of benzene rings is 2. The molecule has 6 rings (SSSR count). The van der Waals surface area contributed by atoms with E-state index in [4.69, 9.17) is 0 Å². The number of hydrogen-bond acceptors (Lipinski definition) is 4. The molecule has 0 bridgehead atoms. The second-order valence-corrected chi connectivity index (χ2v) is 10.1. The van der Waals surface area contributed by atoms with E-state index in [-0.39, 0.29) is 34.4 Å². The molecule has 1 spiro atoms. The van der Waals surface area contributed by atoms with Crippen LogP contribution in [0.25, 0.3) is 10.8 Å². The monoisotopic (exact) mass is 474 g/mol. The van der Waals surface area contributed by atoms with Gasteiger partial charge in [0.05, 0.1) is 16.6 Å². The van der Waals surface area contributed by atoms with E-state index in [2.05, 4.69) is 10.2 Å². The summed E-state index contributed by atoms with van der Waals surface area (Å²) in [7, 11) is 0. The van der Waals surface area contributed by atoms with Gasteiger partial charge in [0.25, 0.3) is 11.5 Å². The maximum absolute atomic E-state index is 14.8. The number of fused-ring (bicyclic) bond motifs is 1. The summed E-state index contributed by atoms with van der Waals surface area (Å²) in [6.07, 6.45) is 4.72. The largest absolute Gasteiger partial charge is 0.342 e. The summed E-state index contributed by atoms with van der Waals surface area (Å²) in [4.78, 5) is 41.7. The van der Waals surface area contributed by atoms with Crippen molar-refractivity contribution in [1.82, 2.24) is 20.0 Å². The highest BCUT2D eigenvalue weighted by molar-refractivity contribution is 5.96. The van der Waals surface area contributed by atoms with Gasteiger partial charge in [-0.25, -0.2) is 9.49 Å². The Kier molecular flexibility index (Phi) is 5.20. The van der Waals surface area contributed by atoms with E-state index in [1.807, 2.05) is 21.9 Å². The van der Waals surface area contributed by atoms with Crippen LogP contribution >= 0.6 is 0 Å². The first-order chi connectivity index (χ1) is 16.9. The van der Waals surface area contributed by atoms with Crippen molar-refractivity contribution in [3.8, 4) is 0 Å². The molecular weight excluding hydrogens is 447 g/mol. The zero-order chi connectivity index (χ0) is 24.2. The van der Waals surface area contributed by atoms with Crippen LogP contribution < -0.4 is 5.56 Å². The Labute approximate surface area is 201 Å². The molecule has 2 saturated heterocycles. The van der Waals surface area contributed by atoms with Crippen LogP contribution in [0.2, 0.25) is 0 Å². The Balaban J connectivity index is 1.22. The van der Waals surface area contributed by atoms with Gasteiger partial charge < -0.3 is 9.80 Å². The Morgan fingerprint density at radius 1 is 1.03 bits per heavy atom. The molecule has 2 amide bonds. The fraction of sp³-hybridized carbons (Fsp3) is 0.407. The average molecular weight is 475 g/mol. The van der Waals surface area contributed by atoms with Crippen molar-refractivity contribution < 1.29 is 14.0 Å². The van der Waals surface area contributed by atoms with Crippen LogP contribution in [0, 0.1) is 11.7 Å². The van der Waals surface area contributed by atoms with Crippen LogP contribution in [0.4, 0.5) is 4.39 Å². The Morgan fingerprint density at radius 2 is 1.74 bits per heavy atom. The lowest BCUT2D eigenvalue weighted by molar-refractivity contribution is -0.136. The minimum atomic E-state index is -0.540. The summed E-state index contributed by atoms with van der Waals surface area (Å²) in [6.45, 7) is 1.92. The van der Waals surface area contributed by atoms with E-state index in [1.165, 1.54) is 6.07 Å². The number of hydrogen-bond donors (Lipinski definition) is 1. The molecule has 180 valence electrons. The van der Waals surface area contributed by atoms with Gasteiger partial charge >= 0.3 is 0 Å². The number of likely N-dealkylation sites (tertiary alicyclic amines) is 2. The molecule has 1 saturated carbocycles. The zero-order valence-corrected chi connectivity index (χ0v) is 19.4. The number of piperidine rings is 1. The smallest absolute Gasteiger partial charge is 0.272 e. The summed E-state index contributed by atoms with van der Waals surface area (Å²) in [5.74, 6) is -0.383. The second kappa shape index (κ2) is 8.29. The molecule has 1 aromatic heterocycles. The van der Waals surface area contributed by atoms with Gasteiger partial charge in [0.1, 0.15) is 5.82 Å². The number of halogens is 1. The minimum Gasteiger partial charge on any atom is -0.342 e. The van der Waals surface area contributed by atoms with Crippen LogP contribution in [0.5, 0.6) is 0 Å². The first kappa shape index (κ1) is 21.9. The normalized spacial score (nSPS) is 19.1. The van der Waals surface area contributed by atoms with E-state index in [0.29, 0.717) is 37.1 Å². The van der Waals surface area contributed by atoms with Crippen molar-refractivity contribution in [1.29, 1.82) is 0 Å². The fourth-order valence-corrected chi connectivity index (χ4v) is 5.60. The molecular formula is C27H27FN4O3. The maximum Gasteiger partial charge on any atom is 0.272 e. The van der Waals surface area contributed by atoms with E-state index in [9.17, 15) is 18.8 Å². The summed E-state index contributed by atoms with van der Waals surface area (Å²) in [5.41, 5.74) is 0.938. The molecule has 7 nitrogen and oxygen atoms in total. The SMILES string of the molecule is O=C(C1CC1)N1CCC2(CC1)CCN2C(=O)c1cc(Cc2n[nH]c(=O)c3ccccc23)ccc1F. The van der Waals surface area contributed by atoms with Gasteiger partial charge in [-0.15, -0.1) is 0 Å². The maximum atomic E-state index is 14.8. The number of carbonyl (C=O) groups excluding carboxylic acids is 2. The number of carbonyl (C=O) groups is 2. The molecule has 2 aliphatic heterocycles. The molecule has 35 heavy (non-hydrogen) atoms. The molecule has 0 radical (unpaired) electrons. The highest BCUT2D eigenvalue weighted by Gasteiger charge is 2.50. The summed E-state index contributed by atoms with van der Waals surface area (Å²) < 4.78 is 14.8. The van der Waals surface area contributed by atoms with Crippen LogP contribution in [-0.2, 0) is 11.2 Å². The lowest BCUT2D eigenvalue weighted by Gasteiger charge is -2.56. The van der Waals surface area contributed by atoms with Gasteiger partial charge in [-0.3, -0.25) is 14.4 Å². The predicted octanol–water partition coefficient (Wildman–Crippen LogP) is 3.27. The van der Waals surface area contributed by atoms with Crippen molar-refractivity contribution >= 4 is 22.6 Å². The molecule has 3 heterocycles. The van der Waals surface area contributed by atoms with Crippen LogP contribution in [0.3, 0.4) is 0 Å². The first-order valence-corrected chi connectivity index (χ1v) is 12.3. The standard InChI is InChI=1S/C27H27FN4O3/c28-22-8-5-17(16-23-19-3-1-2-4-20(19)24(33)30-29-23)15-21(22)26(35)32-14-11-27(32)9-12-31(13-10-27)25(34)18-6-7-18/h1-5,8,15,18H,6-7,9-14,16H2,(H,30,33). The highest BCUT2D eigenvalue weighted by atomic mass is 19.1. The lowest BCUT2D eigenvalue weighted by Crippen LogP contribution is -2.66. The van der Waals surface area contributed by atoms with Crippen LogP contribution in [0.1, 0.15) is 53.7 Å². The molecule has 1 aliphatic carbocycles. The number of aromatic amines is 1. The van der Waals surface area contributed by atoms with Gasteiger partial charge in [-0.05, 0) is 55.9 Å². The molecule has 8 heteroatoms. The van der Waals surface area contributed by atoms with Crippen LogP contribution in [0.15, 0.2) is 47.3 Å². The Bertz CT molecular complexity index is 1390. The van der Waals surface area contributed by atoms with Crippen molar-refractivity contribution in [3.63, 3.8) is 0 Å². The average Bonchev–Trinajstić information content (AvgIpc) is 3.71. The van der Waals surface area contributed by atoms with E-state index < -0.39 is 5.82 Å². The van der Waals surface area contributed by atoms with Crippen molar-refractivity contribution in [2.75, 3.05) is 19.6 Å². The van der Waals surface area contributed by atoms with Gasteiger partial charge in [-0.2, -0.15) is 5.10 Å². The molecule has 2 aromatic carbocycles. The van der Waals surface area contributed by atoms with Gasteiger partial charge in [0.2, 0.25) is 5.91 Å². The summed E-state index contributed by atoms with van der Waals surface area (Å²) in [6, 6.07) is 11.8. The van der Waals surface area contributed by atoms with Crippen molar-refractivity contribution in [2.24, 2.45) is 5.92 Å². The van der Waals surface area contributed by atoms with Crippen molar-refractivity contribution in [2.45, 2.75) is 44.1 Å². The second-order valence-electron chi connectivity index (χ2n) is 10.1. The molecule has 3 fully saturated rings. The molecule has 0 unspecified atom stereocenters. The molecule has 0 atom stereocenters. The molecule has 3 aliphatic rings. The highest BCUT2D eigenvalue weighted by Crippen LogP contribution is 2.42. The van der Waals surface area contributed by atoms with E-state index in [1.54, 1.807) is 24.3 Å². The van der Waals surface area contributed by atoms with Crippen LogP contribution in [-0.4, -0.2) is 57.0 Å². The summed E-state index contributed by atoms with van der Waals surface area (Å²) in [5, 5.41) is 8.02. The first-order valence-electron chi connectivity index (χ1n) is 12.3. The number of nitrogens with zero attached hydrogens (tertiary/aromatic N) is 3. The lowest BCUT2D eigenvalue weighted by atomic mass is 9.75. The topological polar surface area (TPSA) is 86.4 Å². The molecule has 1 N–H and O–H groups in total.